The van der Waals surface area contributed by atoms with E-state index in [4.69, 9.17) is 5.11 Å². The van der Waals surface area contributed by atoms with Crippen LogP contribution in [-0.2, 0) is 35.3 Å². The molecule has 0 radical (unpaired) electrons. The van der Waals surface area contributed by atoms with Crippen LogP contribution in [0.15, 0.2) is 115 Å². The van der Waals surface area contributed by atoms with E-state index in [1.807, 2.05) is 12.1 Å². The minimum atomic E-state index is -4.43. The quantitative estimate of drug-likeness (QED) is 0.161. The van der Waals surface area contributed by atoms with Gasteiger partial charge in [-0.1, -0.05) is 66.7 Å². The molecule has 0 aromatic heterocycles. The highest BCUT2D eigenvalue weighted by Gasteiger charge is 2.32. The highest BCUT2D eigenvalue weighted by atomic mass is 32.2. The second-order valence-corrected chi connectivity index (χ2v) is 15.2. The van der Waals surface area contributed by atoms with E-state index in [1.165, 1.54) is 34.6 Å². The lowest BCUT2D eigenvalue weighted by molar-refractivity contribution is -0.138. The number of hydrogen-bond donors (Lipinski definition) is 2. The summed E-state index contributed by atoms with van der Waals surface area (Å²) in [6.07, 6.45) is -8.30. The van der Waals surface area contributed by atoms with E-state index in [2.05, 4.69) is 5.32 Å². The van der Waals surface area contributed by atoms with Gasteiger partial charge in [-0.3, -0.25) is 4.79 Å². The molecule has 7 nitrogen and oxygen atoms in total. The average molecular weight is 769 g/mol. The molecule has 5 aromatic carbocycles. The van der Waals surface area contributed by atoms with E-state index < -0.39 is 44.7 Å². The third-order valence-electron chi connectivity index (χ3n) is 8.77. The molecule has 0 fully saturated rings. The van der Waals surface area contributed by atoms with Crippen molar-refractivity contribution in [2.24, 2.45) is 0 Å². The molecule has 2 N–H and O–H groups in total. The van der Waals surface area contributed by atoms with Gasteiger partial charge in [0.05, 0.1) is 21.9 Å². The maximum atomic E-state index is 13.1. The maximum Gasteiger partial charge on any atom is 0.416 e. The molecule has 0 saturated heterocycles. The molecule has 6 rings (SSSR count). The van der Waals surface area contributed by atoms with Gasteiger partial charge in [-0.05, 0) is 102 Å². The number of hydrogen-bond acceptors (Lipinski definition) is 4. The number of fused-ring (bicyclic) bond motifs is 1. The van der Waals surface area contributed by atoms with E-state index in [-0.39, 0.29) is 11.5 Å². The van der Waals surface area contributed by atoms with Gasteiger partial charge in [-0.25, -0.2) is 13.2 Å². The second kappa shape index (κ2) is 15.9. The summed E-state index contributed by atoms with van der Waals surface area (Å²) in [6.45, 7) is 3.99. The van der Waals surface area contributed by atoms with Crippen LogP contribution in [0.1, 0.15) is 56.8 Å². The van der Waals surface area contributed by atoms with Gasteiger partial charge in [0.25, 0.3) is 5.91 Å². The maximum absolute atomic E-state index is 13.1. The normalized spacial score (nSPS) is 13.4. The largest absolute Gasteiger partial charge is 0.478 e. The summed E-state index contributed by atoms with van der Waals surface area (Å²) in [4.78, 5) is 24.1. The Labute approximate surface area is 307 Å². The Morgan fingerprint density at radius 2 is 1.17 bits per heavy atom. The number of amides is 1. The molecule has 0 atom stereocenters. The van der Waals surface area contributed by atoms with Gasteiger partial charge in [0, 0.05) is 24.3 Å². The number of nitrogens with one attached hydrogen (secondary N) is 1. The number of carbonyl (C=O) groups is 2. The number of nitrogens with zero attached hydrogens (tertiary/aromatic N) is 1. The van der Waals surface area contributed by atoms with E-state index in [0.29, 0.717) is 53.0 Å². The van der Waals surface area contributed by atoms with Crippen LogP contribution < -0.4 is 5.32 Å². The molecule has 282 valence electrons. The minimum absolute atomic E-state index is 0.0576. The Balaban J connectivity index is 0.000000249. The van der Waals surface area contributed by atoms with Crippen LogP contribution in [0.2, 0.25) is 0 Å². The van der Waals surface area contributed by atoms with Crippen LogP contribution in [0, 0.1) is 0 Å². The number of carboxylic acids is 1. The highest BCUT2D eigenvalue weighted by molar-refractivity contribution is 7.89. The van der Waals surface area contributed by atoms with Gasteiger partial charge < -0.3 is 10.4 Å². The van der Waals surface area contributed by atoms with Crippen molar-refractivity contribution in [1.82, 2.24) is 4.31 Å². The summed E-state index contributed by atoms with van der Waals surface area (Å²) in [5, 5.41) is 11.4. The Bertz CT molecular complexity index is 2250. The fourth-order valence-electron chi connectivity index (χ4n) is 5.85. The van der Waals surface area contributed by atoms with Crippen molar-refractivity contribution in [3.63, 3.8) is 0 Å². The standard InChI is InChI=1S/C26H25F3N2O3S.C14H9F3O2/c1-17(2)35(33,34)31-14-13-19-15-22(12-9-20(19)16-31)30-25(32)24-6-4-3-5-23(24)18-7-10-21(11-8-18)26(27,28)29;15-14(16,17)10-7-5-9(6-8-10)11-3-1-2-4-12(11)13(18)19/h3-12,15,17H,13-14,16H2,1-2H3,(H,30,32);1-8H,(H,18,19). The van der Waals surface area contributed by atoms with Crippen LogP contribution in [-0.4, -0.2) is 41.5 Å². The van der Waals surface area contributed by atoms with E-state index in [1.54, 1.807) is 62.4 Å². The smallest absolute Gasteiger partial charge is 0.416 e. The summed E-state index contributed by atoms with van der Waals surface area (Å²) >= 11 is 0. The Morgan fingerprint density at radius 1 is 0.685 bits per heavy atom. The van der Waals surface area contributed by atoms with Gasteiger partial charge in [-0.15, -0.1) is 0 Å². The molecular weight excluding hydrogens is 735 g/mol. The Morgan fingerprint density at radius 3 is 1.65 bits per heavy atom. The molecule has 0 unspecified atom stereocenters. The zero-order chi connectivity index (χ0) is 39.4. The van der Waals surface area contributed by atoms with Gasteiger partial charge >= 0.3 is 18.3 Å². The van der Waals surface area contributed by atoms with Gasteiger partial charge in [0.1, 0.15) is 0 Å². The number of anilines is 1. The van der Waals surface area contributed by atoms with Crippen LogP contribution in [0.4, 0.5) is 32.0 Å². The molecule has 1 aliphatic rings. The average Bonchev–Trinajstić information content (AvgIpc) is 3.14. The van der Waals surface area contributed by atoms with Crippen LogP contribution in [0.25, 0.3) is 22.3 Å². The molecule has 14 heteroatoms. The molecular formula is C40H34F6N2O5S. The number of carboxylic acid groups (broad SMARTS) is 1. The van der Waals surface area contributed by atoms with Crippen LogP contribution >= 0.6 is 0 Å². The fraction of sp³-hybridized carbons (Fsp3) is 0.200. The topological polar surface area (TPSA) is 104 Å². The summed E-state index contributed by atoms with van der Waals surface area (Å²) in [5.41, 5.74) is 3.15. The number of benzene rings is 5. The predicted octanol–water partition coefficient (Wildman–Crippen LogP) is 9.79. The van der Waals surface area contributed by atoms with Crippen molar-refractivity contribution >= 4 is 27.6 Å². The third kappa shape index (κ3) is 9.18. The summed E-state index contributed by atoms with van der Waals surface area (Å²) in [5.74, 6) is -1.50. The molecule has 54 heavy (non-hydrogen) atoms. The van der Waals surface area contributed by atoms with Crippen molar-refractivity contribution in [3.05, 3.63) is 149 Å². The van der Waals surface area contributed by atoms with Crippen LogP contribution in [0.5, 0.6) is 0 Å². The SMILES string of the molecule is CC(C)S(=O)(=O)N1CCc2cc(NC(=O)c3ccccc3-c3ccc(C(F)(F)F)cc3)ccc2C1.O=C(O)c1ccccc1-c1ccc(C(F)(F)F)cc1. The lowest BCUT2D eigenvalue weighted by atomic mass is 9.97. The predicted molar refractivity (Wildman–Crippen MR) is 193 cm³/mol. The molecule has 0 bridgehead atoms. The Hall–Kier alpha value is -5.47. The molecule has 1 aliphatic heterocycles. The first-order valence-electron chi connectivity index (χ1n) is 16.5. The summed E-state index contributed by atoms with van der Waals surface area (Å²) < 4.78 is 103. The lowest BCUT2D eigenvalue weighted by Crippen LogP contribution is -2.39. The van der Waals surface area contributed by atoms with Crippen molar-refractivity contribution in [2.45, 2.75) is 44.4 Å². The van der Waals surface area contributed by atoms with Crippen LogP contribution in [0.3, 0.4) is 0 Å². The molecule has 1 heterocycles. The molecule has 0 aliphatic carbocycles. The number of carbonyl (C=O) groups excluding carboxylic acids is 1. The fourth-order valence-corrected chi connectivity index (χ4v) is 7.11. The lowest BCUT2D eigenvalue weighted by Gasteiger charge is -2.29. The summed E-state index contributed by atoms with van der Waals surface area (Å²) in [7, 11) is -3.35. The molecule has 5 aromatic rings. The van der Waals surface area contributed by atoms with Crippen molar-refractivity contribution in [2.75, 3.05) is 11.9 Å². The third-order valence-corrected chi connectivity index (χ3v) is 11.0. The first kappa shape index (κ1) is 39.7. The zero-order valence-corrected chi connectivity index (χ0v) is 29.7. The number of sulfonamides is 1. The van der Waals surface area contributed by atoms with Gasteiger partial charge in [-0.2, -0.15) is 30.6 Å². The monoisotopic (exact) mass is 768 g/mol. The second-order valence-electron chi connectivity index (χ2n) is 12.7. The molecule has 0 spiro atoms. The first-order chi connectivity index (χ1) is 25.4. The Kier molecular flexibility index (Phi) is 11.7. The van der Waals surface area contributed by atoms with Crippen molar-refractivity contribution in [3.8, 4) is 22.3 Å². The van der Waals surface area contributed by atoms with E-state index >= 15 is 0 Å². The van der Waals surface area contributed by atoms with Gasteiger partial charge in [0.2, 0.25) is 10.0 Å². The first-order valence-corrected chi connectivity index (χ1v) is 18.1. The molecule has 0 saturated carbocycles. The number of alkyl halides is 6. The van der Waals surface area contributed by atoms with E-state index in [0.717, 1.165) is 35.4 Å². The number of rotatable bonds is 7. The number of aromatic carboxylic acids is 1. The molecule has 1 amide bonds. The highest BCUT2D eigenvalue weighted by Crippen LogP contribution is 2.34. The van der Waals surface area contributed by atoms with Crippen molar-refractivity contribution < 1.29 is 49.5 Å². The number of halogens is 6. The van der Waals surface area contributed by atoms with E-state index in [9.17, 15) is 44.3 Å². The van der Waals surface area contributed by atoms with Crippen molar-refractivity contribution in [1.29, 1.82) is 0 Å². The zero-order valence-electron chi connectivity index (χ0n) is 28.9. The van der Waals surface area contributed by atoms with Gasteiger partial charge in [0.15, 0.2) is 0 Å². The summed E-state index contributed by atoms with van der Waals surface area (Å²) in [6, 6.07) is 27.4. The minimum Gasteiger partial charge on any atom is -0.478 e.